The molecule has 0 spiro atoms. The van der Waals surface area contributed by atoms with Crippen LogP contribution in [-0.2, 0) is 17.8 Å². The van der Waals surface area contributed by atoms with Gasteiger partial charge in [-0.25, -0.2) is 9.67 Å². The highest BCUT2D eigenvalue weighted by Crippen LogP contribution is 2.22. The maximum atomic E-state index is 5.93. The van der Waals surface area contributed by atoms with Crippen LogP contribution in [-0.4, -0.2) is 52.6 Å². The van der Waals surface area contributed by atoms with Crippen LogP contribution in [0.25, 0.3) is 0 Å². The highest BCUT2D eigenvalue weighted by atomic mass is 16.5. The van der Waals surface area contributed by atoms with E-state index in [0.29, 0.717) is 0 Å². The van der Waals surface area contributed by atoms with Gasteiger partial charge in [0.1, 0.15) is 17.4 Å². The van der Waals surface area contributed by atoms with E-state index in [4.69, 9.17) is 9.47 Å². The standard InChI is InChI=1S/C18H26N4O2/c1-13-5-6-18(23-4)16(9-13)10-21-7-8-24-17(11-21)12-22-15(3)19-14(2)20-22/h5-6,9,17H,7-8,10-12H2,1-4H3/t17-/m1/s1. The molecule has 130 valence electrons. The molecule has 0 radical (unpaired) electrons. The minimum atomic E-state index is 0.134. The molecule has 0 aliphatic carbocycles. The Morgan fingerprint density at radius 2 is 2.12 bits per heavy atom. The van der Waals surface area contributed by atoms with Crippen LogP contribution in [0.5, 0.6) is 5.75 Å². The van der Waals surface area contributed by atoms with Crippen LogP contribution >= 0.6 is 0 Å². The average molecular weight is 330 g/mol. The molecule has 0 bridgehead atoms. The number of methoxy groups -OCH3 is 1. The summed E-state index contributed by atoms with van der Waals surface area (Å²) < 4.78 is 13.4. The first-order valence-electron chi connectivity index (χ1n) is 8.40. The van der Waals surface area contributed by atoms with Crippen molar-refractivity contribution >= 4 is 0 Å². The van der Waals surface area contributed by atoms with Crippen molar-refractivity contribution in [1.82, 2.24) is 19.7 Å². The number of hydrogen-bond acceptors (Lipinski definition) is 5. The third-order valence-corrected chi connectivity index (χ3v) is 4.39. The third kappa shape index (κ3) is 3.94. The highest BCUT2D eigenvalue weighted by Gasteiger charge is 2.23. The Kier molecular flexibility index (Phi) is 5.16. The number of aryl methyl sites for hydroxylation is 3. The predicted molar refractivity (Wildman–Crippen MR) is 92.2 cm³/mol. The van der Waals surface area contributed by atoms with Crippen molar-refractivity contribution < 1.29 is 9.47 Å². The molecule has 0 amide bonds. The van der Waals surface area contributed by atoms with Crippen molar-refractivity contribution in [2.45, 2.75) is 40.0 Å². The highest BCUT2D eigenvalue weighted by molar-refractivity contribution is 5.36. The molecule has 3 rings (SSSR count). The van der Waals surface area contributed by atoms with Crippen LogP contribution < -0.4 is 4.74 Å². The Morgan fingerprint density at radius 3 is 2.83 bits per heavy atom. The van der Waals surface area contributed by atoms with Gasteiger partial charge in [0.05, 0.1) is 26.4 Å². The molecule has 2 aromatic rings. The Balaban J connectivity index is 1.65. The Labute approximate surface area is 143 Å². The van der Waals surface area contributed by atoms with Crippen molar-refractivity contribution in [3.63, 3.8) is 0 Å². The van der Waals surface area contributed by atoms with Crippen molar-refractivity contribution in [2.75, 3.05) is 26.8 Å². The fourth-order valence-corrected chi connectivity index (χ4v) is 3.23. The first-order valence-corrected chi connectivity index (χ1v) is 8.40. The fourth-order valence-electron chi connectivity index (χ4n) is 3.23. The van der Waals surface area contributed by atoms with Gasteiger partial charge in [0.2, 0.25) is 0 Å². The Hall–Kier alpha value is -1.92. The lowest BCUT2D eigenvalue weighted by atomic mass is 10.1. The molecule has 1 atom stereocenters. The topological polar surface area (TPSA) is 52.4 Å². The molecule has 1 aromatic heterocycles. The van der Waals surface area contributed by atoms with Gasteiger partial charge in [0.15, 0.2) is 0 Å². The van der Waals surface area contributed by atoms with Gasteiger partial charge in [0, 0.05) is 25.2 Å². The van der Waals surface area contributed by atoms with Crippen LogP contribution in [0.4, 0.5) is 0 Å². The SMILES string of the molecule is COc1ccc(C)cc1CN1CCO[C@@H](Cn2nc(C)nc2C)C1. The van der Waals surface area contributed by atoms with E-state index in [1.54, 1.807) is 7.11 Å². The van der Waals surface area contributed by atoms with E-state index in [1.807, 2.05) is 24.6 Å². The van der Waals surface area contributed by atoms with Crippen molar-refractivity contribution in [3.8, 4) is 5.75 Å². The minimum absolute atomic E-state index is 0.134. The molecule has 0 saturated carbocycles. The summed E-state index contributed by atoms with van der Waals surface area (Å²) in [6.45, 7) is 10.2. The van der Waals surface area contributed by atoms with Gasteiger partial charge in [-0.2, -0.15) is 5.10 Å². The van der Waals surface area contributed by atoms with Crippen LogP contribution in [0.3, 0.4) is 0 Å². The van der Waals surface area contributed by atoms with Gasteiger partial charge in [-0.05, 0) is 26.8 Å². The number of nitrogens with zero attached hydrogens (tertiary/aromatic N) is 4. The second-order valence-corrected chi connectivity index (χ2v) is 6.43. The van der Waals surface area contributed by atoms with E-state index in [9.17, 15) is 0 Å². The normalized spacial score (nSPS) is 18.8. The zero-order chi connectivity index (χ0) is 17.1. The third-order valence-electron chi connectivity index (χ3n) is 4.39. The second kappa shape index (κ2) is 7.32. The quantitative estimate of drug-likeness (QED) is 0.840. The van der Waals surface area contributed by atoms with E-state index in [-0.39, 0.29) is 6.10 Å². The number of hydrogen-bond donors (Lipinski definition) is 0. The molecule has 1 aliphatic heterocycles. The van der Waals surface area contributed by atoms with Crippen LogP contribution in [0.1, 0.15) is 22.8 Å². The molecule has 24 heavy (non-hydrogen) atoms. The van der Waals surface area contributed by atoms with Gasteiger partial charge >= 0.3 is 0 Å². The van der Waals surface area contributed by atoms with Crippen LogP contribution in [0, 0.1) is 20.8 Å². The van der Waals surface area contributed by atoms with Gasteiger partial charge in [-0.1, -0.05) is 17.7 Å². The number of aromatic nitrogens is 3. The molecule has 6 nitrogen and oxygen atoms in total. The maximum Gasteiger partial charge on any atom is 0.147 e. The largest absolute Gasteiger partial charge is 0.496 e. The van der Waals surface area contributed by atoms with Crippen LogP contribution in [0.2, 0.25) is 0 Å². The zero-order valence-corrected chi connectivity index (χ0v) is 15.0. The van der Waals surface area contributed by atoms with Gasteiger partial charge in [-0.15, -0.1) is 0 Å². The molecular weight excluding hydrogens is 304 g/mol. The summed E-state index contributed by atoms with van der Waals surface area (Å²) in [5, 5.41) is 4.44. The summed E-state index contributed by atoms with van der Waals surface area (Å²) in [5.41, 5.74) is 2.48. The Morgan fingerprint density at radius 1 is 1.29 bits per heavy atom. The molecule has 2 heterocycles. The van der Waals surface area contributed by atoms with E-state index in [0.717, 1.165) is 50.2 Å². The van der Waals surface area contributed by atoms with Crippen LogP contribution in [0.15, 0.2) is 18.2 Å². The predicted octanol–water partition coefficient (Wildman–Crippen LogP) is 2.11. The summed E-state index contributed by atoms with van der Waals surface area (Å²) in [4.78, 5) is 6.78. The second-order valence-electron chi connectivity index (χ2n) is 6.43. The molecular formula is C18H26N4O2. The summed E-state index contributed by atoms with van der Waals surface area (Å²) >= 11 is 0. The number of rotatable bonds is 5. The van der Waals surface area contributed by atoms with Crippen molar-refractivity contribution in [1.29, 1.82) is 0 Å². The molecule has 1 saturated heterocycles. The zero-order valence-electron chi connectivity index (χ0n) is 15.0. The Bertz CT molecular complexity index is 698. The fraction of sp³-hybridized carbons (Fsp3) is 0.556. The van der Waals surface area contributed by atoms with Gasteiger partial charge in [-0.3, -0.25) is 4.90 Å². The van der Waals surface area contributed by atoms with E-state index >= 15 is 0 Å². The van der Waals surface area contributed by atoms with Gasteiger partial charge in [0.25, 0.3) is 0 Å². The average Bonchev–Trinajstić information content (AvgIpc) is 2.85. The summed E-state index contributed by atoms with van der Waals surface area (Å²) in [6, 6.07) is 6.33. The van der Waals surface area contributed by atoms with Gasteiger partial charge < -0.3 is 9.47 Å². The molecule has 6 heteroatoms. The minimum Gasteiger partial charge on any atom is -0.496 e. The van der Waals surface area contributed by atoms with E-state index < -0.39 is 0 Å². The molecule has 0 N–H and O–H groups in total. The lowest BCUT2D eigenvalue weighted by Crippen LogP contribution is -2.44. The summed E-state index contributed by atoms with van der Waals surface area (Å²) in [6.07, 6.45) is 0.134. The number of benzene rings is 1. The monoisotopic (exact) mass is 330 g/mol. The van der Waals surface area contributed by atoms with Crippen molar-refractivity contribution in [2.24, 2.45) is 0 Å². The first-order chi connectivity index (χ1) is 11.5. The summed E-state index contributed by atoms with van der Waals surface area (Å²) in [7, 11) is 1.73. The summed E-state index contributed by atoms with van der Waals surface area (Å²) in [5.74, 6) is 2.70. The molecule has 1 aromatic carbocycles. The molecule has 1 aliphatic rings. The molecule has 0 unspecified atom stereocenters. The van der Waals surface area contributed by atoms with E-state index in [2.05, 4.69) is 34.0 Å². The maximum absolute atomic E-state index is 5.93. The number of ether oxygens (including phenoxy) is 2. The smallest absolute Gasteiger partial charge is 0.147 e. The lowest BCUT2D eigenvalue weighted by Gasteiger charge is -2.33. The first kappa shape index (κ1) is 16.9. The lowest BCUT2D eigenvalue weighted by molar-refractivity contribution is -0.0407. The number of morpholine rings is 1. The van der Waals surface area contributed by atoms with Crippen molar-refractivity contribution in [3.05, 3.63) is 41.0 Å². The van der Waals surface area contributed by atoms with E-state index in [1.165, 1.54) is 11.1 Å². The molecule has 1 fully saturated rings.